The Morgan fingerprint density at radius 3 is 2.48 bits per heavy atom. The van der Waals surface area contributed by atoms with Crippen LogP contribution in [0.1, 0.15) is 31.2 Å². The number of ether oxygens (including phenoxy) is 1. The predicted molar refractivity (Wildman–Crippen MR) is 117 cm³/mol. The van der Waals surface area contributed by atoms with E-state index in [1.54, 1.807) is 11.5 Å². The summed E-state index contributed by atoms with van der Waals surface area (Å²) in [4.78, 5) is 3.63. The van der Waals surface area contributed by atoms with Gasteiger partial charge in [-0.3, -0.25) is 3.96 Å². The molecule has 0 fully saturated rings. The van der Waals surface area contributed by atoms with Gasteiger partial charge in [-0.1, -0.05) is 41.4 Å². The molecule has 0 radical (unpaired) electrons. The molecule has 1 aliphatic rings. The Hall–Kier alpha value is -2.11. The molecule has 2 heterocycles. The van der Waals surface area contributed by atoms with Crippen molar-refractivity contribution < 1.29 is 4.74 Å². The Kier molecular flexibility index (Phi) is 4.40. The molecule has 3 nitrogen and oxygen atoms in total. The molecule has 0 bridgehead atoms. The highest BCUT2D eigenvalue weighted by molar-refractivity contribution is 7.71. The molecule has 1 aliphatic heterocycles. The molecule has 0 saturated carbocycles. The lowest BCUT2D eigenvalue weighted by atomic mass is 9.88. The zero-order chi connectivity index (χ0) is 19.3. The number of aryl methyl sites for hydroxylation is 1. The molecule has 4 rings (SSSR count). The van der Waals surface area contributed by atoms with E-state index in [1.165, 1.54) is 16.1 Å². The molecule has 1 aromatic heterocycles. The maximum absolute atomic E-state index is 5.97. The fourth-order valence-corrected chi connectivity index (χ4v) is 5.34. The standard InChI is InChI=1S/C22H24N2OS2/c1-6-25-16-11-12-18-17(13-16)19-20(22(3,4)23(18)5)27-24(21(19)26)15-9-7-14(2)8-10-15/h7-13H,6H2,1-5H3. The van der Waals surface area contributed by atoms with Crippen molar-refractivity contribution in [1.29, 1.82) is 0 Å². The highest BCUT2D eigenvalue weighted by Gasteiger charge is 2.38. The van der Waals surface area contributed by atoms with Crippen molar-refractivity contribution >= 4 is 29.4 Å². The molecule has 0 aliphatic carbocycles. The van der Waals surface area contributed by atoms with Gasteiger partial charge in [0, 0.05) is 23.9 Å². The van der Waals surface area contributed by atoms with Crippen molar-refractivity contribution in [2.24, 2.45) is 0 Å². The van der Waals surface area contributed by atoms with E-state index in [9.17, 15) is 0 Å². The van der Waals surface area contributed by atoms with Crippen LogP contribution >= 0.6 is 23.8 Å². The lowest BCUT2D eigenvalue weighted by Gasteiger charge is -2.42. The van der Waals surface area contributed by atoms with E-state index >= 15 is 0 Å². The lowest BCUT2D eigenvalue weighted by Crippen LogP contribution is -2.40. The molecule has 3 aromatic rings. The smallest absolute Gasteiger partial charge is 0.129 e. The van der Waals surface area contributed by atoms with E-state index in [-0.39, 0.29) is 5.54 Å². The second kappa shape index (κ2) is 6.50. The van der Waals surface area contributed by atoms with Gasteiger partial charge in [0.25, 0.3) is 0 Å². The summed E-state index contributed by atoms with van der Waals surface area (Å²) in [5.41, 5.74) is 5.74. The van der Waals surface area contributed by atoms with Crippen LogP contribution in [0.25, 0.3) is 16.8 Å². The number of anilines is 1. The van der Waals surface area contributed by atoms with Crippen LogP contribution in [0.5, 0.6) is 5.75 Å². The van der Waals surface area contributed by atoms with Crippen molar-refractivity contribution in [3.63, 3.8) is 0 Å². The number of aromatic nitrogens is 1. The van der Waals surface area contributed by atoms with Crippen LogP contribution in [0.4, 0.5) is 5.69 Å². The first-order chi connectivity index (χ1) is 12.8. The van der Waals surface area contributed by atoms with Crippen LogP contribution in [-0.4, -0.2) is 17.6 Å². The van der Waals surface area contributed by atoms with Crippen LogP contribution in [0, 0.1) is 11.6 Å². The first kappa shape index (κ1) is 18.3. The van der Waals surface area contributed by atoms with Gasteiger partial charge in [0.15, 0.2) is 0 Å². The Bertz CT molecular complexity index is 1060. The zero-order valence-electron chi connectivity index (χ0n) is 16.4. The Labute approximate surface area is 170 Å². The van der Waals surface area contributed by atoms with E-state index in [4.69, 9.17) is 17.0 Å². The number of nitrogens with zero attached hydrogens (tertiary/aromatic N) is 2. The fraction of sp³-hybridized carbons (Fsp3) is 0.318. The zero-order valence-corrected chi connectivity index (χ0v) is 18.0. The topological polar surface area (TPSA) is 17.4 Å². The van der Waals surface area contributed by atoms with E-state index in [2.05, 4.69) is 73.1 Å². The van der Waals surface area contributed by atoms with Crippen LogP contribution < -0.4 is 9.64 Å². The molecule has 0 atom stereocenters. The summed E-state index contributed by atoms with van der Waals surface area (Å²) in [5, 5.41) is 0. The number of benzene rings is 2. The van der Waals surface area contributed by atoms with Gasteiger partial charge in [-0.15, -0.1) is 0 Å². The van der Waals surface area contributed by atoms with Gasteiger partial charge in [0.2, 0.25) is 0 Å². The minimum Gasteiger partial charge on any atom is -0.494 e. The minimum absolute atomic E-state index is 0.135. The molecule has 0 spiro atoms. The summed E-state index contributed by atoms with van der Waals surface area (Å²) in [6.45, 7) is 9.29. The van der Waals surface area contributed by atoms with Gasteiger partial charge in [-0.2, -0.15) is 0 Å². The predicted octanol–water partition coefficient (Wildman–Crippen LogP) is 6.33. The van der Waals surface area contributed by atoms with Gasteiger partial charge in [0.05, 0.1) is 22.7 Å². The molecule has 0 amide bonds. The maximum atomic E-state index is 5.97. The average molecular weight is 397 g/mol. The van der Waals surface area contributed by atoms with Crippen LogP contribution in [0.3, 0.4) is 0 Å². The lowest BCUT2D eigenvalue weighted by molar-refractivity contribution is 0.340. The molecule has 5 heteroatoms. The fourth-order valence-electron chi connectivity index (χ4n) is 3.60. The van der Waals surface area contributed by atoms with E-state index in [0.29, 0.717) is 6.61 Å². The Morgan fingerprint density at radius 1 is 1.11 bits per heavy atom. The highest BCUT2D eigenvalue weighted by Crippen LogP contribution is 2.51. The first-order valence-corrected chi connectivity index (χ1v) is 10.4. The van der Waals surface area contributed by atoms with Crippen LogP contribution in [0.2, 0.25) is 0 Å². The second-order valence-corrected chi connectivity index (χ2v) is 8.80. The molecule has 27 heavy (non-hydrogen) atoms. The van der Waals surface area contributed by atoms with Gasteiger partial charge in [-0.05, 0) is 58.0 Å². The monoisotopic (exact) mass is 396 g/mol. The summed E-state index contributed by atoms with van der Waals surface area (Å²) in [7, 11) is 2.15. The molecule has 0 saturated heterocycles. The van der Waals surface area contributed by atoms with Gasteiger partial charge in [-0.25, -0.2) is 0 Å². The molecule has 2 aromatic carbocycles. The van der Waals surface area contributed by atoms with Gasteiger partial charge < -0.3 is 9.64 Å². The third-order valence-electron chi connectivity index (χ3n) is 5.38. The largest absolute Gasteiger partial charge is 0.494 e. The van der Waals surface area contributed by atoms with Crippen molar-refractivity contribution in [3.8, 4) is 22.6 Å². The van der Waals surface area contributed by atoms with E-state index in [1.807, 2.05) is 13.0 Å². The molecule has 0 N–H and O–H groups in total. The summed E-state index contributed by atoms with van der Waals surface area (Å²) in [6, 6.07) is 14.9. The molecule has 0 unspecified atom stereocenters. The third kappa shape index (κ3) is 2.80. The summed E-state index contributed by atoms with van der Waals surface area (Å²) < 4.78 is 8.81. The van der Waals surface area contributed by atoms with E-state index < -0.39 is 0 Å². The van der Waals surface area contributed by atoms with Gasteiger partial charge >= 0.3 is 0 Å². The highest BCUT2D eigenvalue weighted by atomic mass is 32.1. The van der Waals surface area contributed by atoms with E-state index in [0.717, 1.165) is 27.2 Å². The number of rotatable bonds is 3. The number of hydrogen-bond acceptors (Lipinski definition) is 4. The van der Waals surface area contributed by atoms with Crippen molar-refractivity contribution in [2.45, 2.75) is 33.2 Å². The number of fused-ring (bicyclic) bond motifs is 3. The summed E-state index contributed by atoms with van der Waals surface area (Å²) >= 11 is 7.71. The maximum Gasteiger partial charge on any atom is 0.129 e. The van der Waals surface area contributed by atoms with Crippen LogP contribution in [-0.2, 0) is 5.54 Å². The Balaban J connectivity index is 1.99. The summed E-state index contributed by atoms with van der Waals surface area (Å²) in [6.07, 6.45) is 0. The van der Waals surface area contributed by atoms with Crippen LogP contribution in [0.15, 0.2) is 42.5 Å². The molecular formula is C22H24N2OS2. The minimum atomic E-state index is -0.135. The van der Waals surface area contributed by atoms with Crippen molar-refractivity contribution in [2.75, 3.05) is 18.6 Å². The quantitative estimate of drug-likeness (QED) is 0.482. The SMILES string of the molecule is CCOc1ccc2c(c1)-c1c(sn(-c3ccc(C)cc3)c1=S)C(C)(C)N2C. The average Bonchev–Trinajstić information content (AvgIpc) is 2.99. The van der Waals surface area contributed by atoms with Gasteiger partial charge in [0.1, 0.15) is 10.4 Å². The Morgan fingerprint density at radius 2 is 1.81 bits per heavy atom. The number of hydrogen-bond donors (Lipinski definition) is 0. The molecular weight excluding hydrogens is 372 g/mol. The third-order valence-corrected chi connectivity index (χ3v) is 7.34. The molecule has 140 valence electrons. The first-order valence-electron chi connectivity index (χ1n) is 9.19. The summed E-state index contributed by atoms with van der Waals surface area (Å²) in [5.74, 6) is 0.887. The van der Waals surface area contributed by atoms with Crippen molar-refractivity contribution in [3.05, 3.63) is 57.5 Å². The van der Waals surface area contributed by atoms with Crippen molar-refractivity contribution in [1.82, 2.24) is 3.96 Å². The second-order valence-electron chi connectivity index (χ2n) is 7.46. The normalized spacial score (nSPS) is 14.6.